The zero-order chi connectivity index (χ0) is 18.1. The molecule has 0 aliphatic carbocycles. The van der Waals surface area contributed by atoms with Crippen molar-refractivity contribution in [1.82, 2.24) is 19.3 Å². The van der Waals surface area contributed by atoms with Crippen LogP contribution in [0.15, 0.2) is 29.2 Å². The summed E-state index contributed by atoms with van der Waals surface area (Å²) in [5.41, 5.74) is 1.10. The number of nitrogens with zero attached hydrogens (tertiary/aromatic N) is 4. The molecule has 2 amide bonds. The van der Waals surface area contributed by atoms with E-state index in [1.165, 1.54) is 23.4 Å². The molecule has 0 saturated carbocycles. The van der Waals surface area contributed by atoms with Gasteiger partial charge < -0.3 is 4.74 Å². The molecule has 0 fully saturated rings. The molecule has 0 atom stereocenters. The van der Waals surface area contributed by atoms with Crippen LogP contribution in [-0.4, -0.2) is 39.4 Å². The minimum atomic E-state index is -0.332. The number of benzene rings is 1. The number of amides is 2. The van der Waals surface area contributed by atoms with Crippen molar-refractivity contribution in [2.45, 2.75) is 32.6 Å². The van der Waals surface area contributed by atoms with Crippen molar-refractivity contribution in [3.8, 4) is 6.01 Å². The summed E-state index contributed by atoms with van der Waals surface area (Å²) in [6, 6.07) is 7.67. The van der Waals surface area contributed by atoms with Gasteiger partial charge in [0.1, 0.15) is 5.82 Å². The number of methoxy groups -OCH3 is 1. The van der Waals surface area contributed by atoms with E-state index in [0.29, 0.717) is 5.82 Å². The van der Waals surface area contributed by atoms with Crippen LogP contribution in [-0.2, 0) is 0 Å². The van der Waals surface area contributed by atoms with Crippen molar-refractivity contribution < 1.29 is 9.53 Å². The van der Waals surface area contributed by atoms with Gasteiger partial charge in [-0.15, -0.1) is 0 Å². The molecule has 1 N–H and O–H groups in total. The van der Waals surface area contributed by atoms with E-state index in [1.807, 2.05) is 45.0 Å². The summed E-state index contributed by atoms with van der Waals surface area (Å²) in [5, 5.41) is 2.62. The summed E-state index contributed by atoms with van der Waals surface area (Å²) in [4.78, 5) is 25.2. The Kier molecular flexibility index (Phi) is 7.97. The molecule has 1 aromatic heterocycles. The van der Waals surface area contributed by atoms with E-state index in [0.717, 1.165) is 10.5 Å². The fourth-order valence-corrected chi connectivity index (χ4v) is 2.40. The number of carbonyl (C=O) groups excluding carboxylic acids is 1. The molecule has 24 heavy (non-hydrogen) atoms. The van der Waals surface area contributed by atoms with E-state index >= 15 is 0 Å². The van der Waals surface area contributed by atoms with E-state index in [9.17, 15) is 4.79 Å². The maximum absolute atomic E-state index is 12.2. The van der Waals surface area contributed by atoms with E-state index in [-0.39, 0.29) is 18.0 Å². The molecule has 0 radical (unpaired) electrons. The van der Waals surface area contributed by atoms with Gasteiger partial charge in [-0.25, -0.2) is 4.79 Å². The second-order valence-electron chi connectivity index (χ2n) is 4.48. The lowest BCUT2D eigenvalue weighted by Crippen LogP contribution is -2.26. The Morgan fingerprint density at radius 2 is 1.83 bits per heavy atom. The Morgan fingerprint density at radius 1 is 1.17 bits per heavy atom. The first-order chi connectivity index (χ1) is 11.5. The lowest BCUT2D eigenvalue weighted by atomic mass is 10.2. The summed E-state index contributed by atoms with van der Waals surface area (Å²) < 4.78 is 6.44. The molecule has 1 heterocycles. The summed E-state index contributed by atoms with van der Waals surface area (Å²) in [5.74, 6) is 0.628. The summed E-state index contributed by atoms with van der Waals surface area (Å²) in [6.45, 7) is 7.69. The highest BCUT2D eigenvalue weighted by Gasteiger charge is 2.14. The molecule has 2 aromatic rings. The molecule has 7 nitrogen and oxygen atoms in total. The Hall–Kier alpha value is -2.35. The van der Waals surface area contributed by atoms with Crippen LogP contribution in [0.4, 0.5) is 10.7 Å². The number of aryl methyl sites for hydroxylation is 2. The first-order valence-electron chi connectivity index (χ1n) is 7.54. The first kappa shape index (κ1) is 19.7. The van der Waals surface area contributed by atoms with Gasteiger partial charge in [-0.1, -0.05) is 32.0 Å². The van der Waals surface area contributed by atoms with Gasteiger partial charge in [0.2, 0.25) is 5.95 Å². The molecule has 0 bridgehead atoms. The van der Waals surface area contributed by atoms with Crippen LogP contribution < -0.4 is 10.1 Å². The van der Waals surface area contributed by atoms with Crippen LogP contribution in [0.1, 0.15) is 25.2 Å². The van der Waals surface area contributed by atoms with Crippen molar-refractivity contribution in [3.63, 3.8) is 0 Å². The molecule has 0 saturated heterocycles. The van der Waals surface area contributed by atoms with Crippen LogP contribution in [0.2, 0.25) is 0 Å². The third-order valence-electron chi connectivity index (χ3n) is 2.74. The molecule has 0 unspecified atom stereocenters. The number of carbonyl (C=O) groups is 1. The number of nitrogens with one attached hydrogen (secondary N) is 1. The highest BCUT2D eigenvalue weighted by molar-refractivity contribution is 7.97. The number of ether oxygens (including phenoxy) is 1. The number of hydrogen-bond acceptors (Lipinski definition) is 6. The third kappa shape index (κ3) is 5.69. The van der Waals surface area contributed by atoms with Crippen LogP contribution in [0.3, 0.4) is 0 Å². The van der Waals surface area contributed by atoms with Crippen molar-refractivity contribution in [2.75, 3.05) is 19.5 Å². The van der Waals surface area contributed by atoms with Crippen molar-refractivity contribution in [2.24, 2.45) is 0 Å². The minimum absolute atomic E-state index is 0.159. The van der Waals surface area contributed by atoms with Crippen LogP contribution >= 0.6 is 11.9 Å². The standard InChI is InChI=1S/C14H17N5O2S.C2H6/c1-9-7-5-6-8-11(9)22-19(3)14(20)18-12-15-10(2)16-13(17-12)21-4;1-2/h5-8H,1-4H3,(H,15,16,17,18,20);1-2H3. The van der Waals surface area contributed by atoms with Gasteiger partial charge in [0, 0.05) is 11.9 Å². The predicted molar refractivity (Wildman–Crippen MR) is 96.3 cm³/mol. The van der Waals surface area contributed by atoms with Crippen molar-refractivity contribution >= 4 is 23.9 Å². The second kappa shape index (κ2) is 9.71. The minimum Gasteiger partial charge on any atom is -0.467 e. The zero-order valence-corrected chi connectivity index (χ0v) is 15.6. The average molecular weight is 349 g/mol. The van der Waals surface area contributed by atoms with E-state index < -0.39 is 0 Å². The number of hydrogen-bond donors (Lipinski definition) is 1. The lowest BCUT2D eigenvalue weighted by molar-refractivity contribution is 0.242. The molecular weight excluding hydrogens is 326 g/mol. The van der Waals surface area contributed by atoms with E-state index in [2.05, 4.69) is 20.3 Å². The molecule has 1 aromatic carbocycles. The van der Waals surface area contributed by atoms with Crippen LogP contribution in [0.25, 0.3) is 0 Å². The monoisotopic (exact) mass is 349 g/mol. The Bertz CT molecular complexity index is 681. The number of aromatic nitrogens is 3. The second-order valence-corrected chi connectivity index (χ2v) is 5.65. The quantitative estimate of drug-likeness (QED) is 0.848. The maximum Gasteiger partial charge on any atom is 0.334 e. The molecular formula is C16H23N5O2S. The Balaban J connectivity index is 0.00000139. The highest BCUT2D eigenvalue weighted by atomic mass is 32.2. The summed E-state index contributed by atoms with van der Waals surface area (Å²) in [7, 11) is 3.14. The predicted octanol–water partition coefficient (Wildman–Crippen LogP) is 3.69. The lowest BCUT2D eigenvalue weighted by Gasteiger charge is -2.17. The average Bonchev–Trinajstić information content (AvgIpc) is 2.58. The van der Waals surface area contributed by atoms with Crippen molar-refractivity contribution in [3.05, 3.63) is 35.7 Å². The molecule has 8 heteroatoms. The van der Waals surface area contributed by atoms with Gasteiger partial charge in [0.15, 0.2) is 0 Å². The summed E-state index contributed by atoms with van der Waals surface area (Å²) in [6.07, 6.45) is 0. The third-order valence-corrected chi connectivity index (χ3v) is 3.84. The zero-order valence-electron chi connectivity index (χ0n) is 14.8. The van der Waals surface area contributed by atoms with Crippen LogP contribution in [0, 0.1) is 13.8 Å². The van der Waals surface area contributed by atoms with Gasteiger partial charge in [-0.05, 0) is 37.4 Å². The van der Waals surface area contributed by atoms with Gasteiger partial charge in [0.05, 0.1) is 7.11 Å². The Labute approximate surface area is 147 Å². The largest absolute Gasteiger partial charge is 0.467 e. The van der Waals surface area contributed by atoms with Gasteiger partial charge in [-0.2, -0.15) is 15.0 Å². The number of urea groups is 1. The highest BCUT2D eigenvalue weighted by Crippen LogP contribution is 2.24. The van der Waals surface area contributed by atoms with Crippen LogP contribution in [0.5, 0.6) is 6.01 Å². The van der Waals surface area contributed by atoms with Gasteiger partial charge in [0.25, 0.3) is 0 Å². The molecule has 0 aliphatic heterocycles. The number of rotatable bonds is 4. The van der Waals surface area contributed by atoms with Crippen molar-refractivity contribution in [1.29, 1.82) is 0 Å². The SMILES string of the molecule is CC.COc1nc(C)nc(NC(=O)N(C)Sc2ccccc2C)n1. The molecule has 130 valence electrons. The smallest absolute Gasteiger partial charge is 0.334 e. The van der Waals surface area contributed by atoms with E-state index in [4.69, 9.17) is 4.74 Å². The fraction of sp³-hybridized carbons (Fsp3) is 0.375. The number of anilines is 1. The fourth-order valence-electron chi connectivity index (χ4n) is 1.63. The summed E-state index contributed by atoms with van der Waals surface area (Å²) >= 11 is 1.33. The normalized spacial score (nSPS) is 9.58. The van der Waals surface area contributed by atoms with Gasteiger partial charge in [-0.3, -0.25) is 9.62 Å². The Morgan fingerprint density at radius 3 is 2.46 bits per heavy atom. The first-order valence-corrected chi connectivity index (χ1v) is 8.32. The van der Waals surface area contributed by atoms with Gasteiger partial charge >= 0.3 is 12.0 Å². The molecule has 0 aliphatic rings. The topological polar surface area (TPSA) is 80.2 Å². The molecule has 0 spiro atoms. The van der Waals surface area contributed by atoms with E-state index in [1.54, 1.807) is 14.0 Å². The molecule has 2 rings (SSSR count). The maximum atomic E-state index is 12.2.